The smallest absolute Gasteiger partial charge is 0.268 e. The van der Waals surface area contributed by atoms with Gasteiger partial charge in [-0.1, -0.05) is 29.8 Å². The standard InChI is InChI=1S/C15H12ClNO3S/c1-10-15(18)13-9-11(16)7-8-14(13)17(10)21(19,20)12-5-3-2-4-6-12/h2-9,18H,1H3. The quantitative estimate of drug-likeness (QED) is 0.785. The lowest BCUT2D eigenvalue weighted by Gasteiger charge is -2.09. The van der Waals surface area contributed by atoms with Gasteiger partial charge in [0.15, 0.2) is 0 Å². The molecule has 0 unspecified atom stereocenters. The topological polar surface area (TPSA) is 59.3 Å². The molecule has 0 fully saturated rings. The van der Waals surface area contributed by atoms with Crippen molar-refractivity contribution in [3.63, 3.8) is 0 Å². The Kier molecular flexibility index (Phi) is 3.19. The highest BCUT2D eigenvalue weighted by molar-refractivity contribution is 7.90. The largest absolute Gasteiger partial charge is 0.505 e. The van der Waals surface area contributed by atoms with Crippen LogP contribution in [0.1, 0.15) is 5.69 Å². The van der Waals surface area contributed by atoms with Crippen molar-refractivity contribution in [1.29, 1.82) is 0 Å². The number of fused-ring (bicyclic) bond motifs is 1. The maximum Gasteiger partial charge on any atom is 0.268 e. The van der Waals surface area contributed by atoms with Gasteiger partial charge in [-0.3, -0.25) is 0 Å². The predicted molar refractivity (Wildman–Crippen MR) is 82.4 cm³/mol. The van der Waals surface area contributed by atoms with Gasteiger partial charge < -0.3 is 5.11 Å². The molecule has 0 atom stereocenters. The molecule has 0 bridgehead atoms. The van der Waals surface area contributed by atoms with Crippen molar-refractivity contribution in [3.05, 3.63) is 59.2 Å². The predicted octanol–water partition coefficient (Wildman–Crippen LogP) is 3.55. The van der Waals surface area contributed by atoms with E-state index in [1.54, 1.807) is 43.3 Å². The molecular weight excluding hydrogens is 310 g/mol. The van der Waals surface area contributed by atoms with E-state index in [0.29, 0.717) is 15.9 Å². The number of rotatable bonds is 2. The molecule has 0 radical (unpaired) electrons. The Morgan fingerprint density at radius 2 is 1.76 bits per heavy atom. The van der Waals surface area contributed by atoms with Crippen molar-refractivity contribution in [1.82, 2.24) is 3.97 Å². The van der Waals surface area contributed by atoms with E-state index in [1.807, 2.05) is 0 Å². The molecule has 21 heavy (non-hydrogen) atoms. The summed E-state index contributed by atoms with van der Waals surface area (Å²) in [4.78, 5) is 0.167. The monoisotopic (exact) mass is 321 g/mol. The highest BCUT2D eigenvalue weighted by atomic mass is 35.5. The number of halogens is 1. The average molecular weight is 322 g/mol. The van der Waals surface area contributed by atoms with E-state index in [-0.39, 0.29) is 16.3 Å². The van der Waals surface area contributed by atoms with Gasteiger partial charge in [0.05, 0.1) is 16.1 Å². The zero-order chi connectivity index (χ0) is 15.2. The minimum atomic E-state index is -3.77. The van der Waals surface area contributed by atoms with E-state index in [4.69, 9.17) is 11.6 Å². The van der Waals surface area contributed by atoms with E-state index in [0.717, 1.165) is 3.97 Å². The molecule has 0 aliphatic carbocycles. The maximum absolute atomic E-state index is 12.8. The summed E-state index contributed by atoms with van der Waals surface area (Å²) >= 11 is 5.91. The Labute approximate surface area is 127 Å². The molecular formula is C15H12ClNO3S. The van der Waals surface area contributed by atoms with Crippen molar-refractivity contribution in [2.75, 3.05) is 0 Å². The fourth-order valence-electron chi connectivity index (χ4n) is 2.35. The van der Waals surface area contributed by atoms with Gasteiger partial charge in [-0.15, -0.1) is 0 Å². The van der Waals surface area contributed by atoms with Gasteiger partial charge in [-0.05, 0) is 37.3 Å². The Bertz CT molecular complexity index is 930. The van der Waals surface area contributed by atoms with E-state index in [9.17, 15) is 13.5 Å². The van der Waals surface area contributed by atoms with Crippen LogP contribution in [-0.2, 0) is 10.0 Å². The number of nitrogens with zero attached hydrogens (tertiary/aromatic N) is 1. The molecule has 108 valence electrons. The summed E-state index contributed by atoms with van der Waals surface area (Å²) < 4.78 is 26.7. The third-order valence-electron chi connectivity index (χ3n) is 3.36. The highest BCUT2D eigenvalue weighted by Crippen LogP contribution is 2.35. The van der Waals surface area contributed by atoms with Crippen LogP contribution in [0.5, 0.6) is 5.75 Å². The lowest BCUT2D eigenvalue weighted by molar-refractivity contribution is 0.475. The molecule has 1 heterocycles. The summed E-state index contributed by atoms with van der Waals surface area (Å²) in [6.45, 7) is 1.56. The van der Waals surface area contributed by atoms with Crippen molar-refractivity contribution in [2.45, 2.75) is 11.8 Å². The van der Waals surface area contributed by atoms with Gasteiger partial charge in [-0.25, -0.2) is 12.4 Å². The summed E-state index contributed by atoms with van der Waals surface area (Å²) in [5.74, 6) is -0.0768. The maximum atomic E-state index is 12.8. The van der Waals surface area contributed by atoms with Crippen molar-refractivity contribution >= 4 is 32.5 Å². The van der Waals surface area contributed by atoms with E-state index < -0.39 is 10.0 Å². The minimum Gasteiger partial charge on any atom is -0.505 e. The molecule has 0 amide bonds. The van der Waals surface area contributed by atoms with E-state index >= 15 is 0 Å². The van der Waals surface area contributed by atoms with Crippen LogP contribution in [0.15, 0.2) is 53.4 Å². The summed E-state index contributed by atoms with van der Waals surface area (Å²) in [7, 11) is -3.77. The molecule has 0 saturated heterocycles. The number of hydrogen-bond acceptors (Lipinski definition) is 3. The van der Waals surface area contributed by atoms with Crippen LogP contribution < -0.4 is 0 Å². The summed E-state index contributed by atoms with van der Waals surface area (Å²) in [5.41, 5.74) is 0.661. The Morgan fingerprint density at radius 1 is 1.10 bits per heavy atom. The zero-order valence-electron chi connectivity index (χ0n) is 11.1. The molecule has 4 nitrogen and oxygen atoms in total. The van der Waals surface area contributed by atoms with Crippen LogP contribution in [0.3, 0.4) is 0 Å². The summed E-state index contributed by atoms with van der Waals surface area (Å²) in [6, 6.07) is 12.8. The van der Waals surface area contributed by atoms with Crippen molar-refractivity contribution in [3.8, 4) is 5.75 Å². The molecule has 2 aromatic carbocycles. The Hall–Kier alpha value is -1.98. The van der Waals surface area contributed by atoms with Crippen LogP contribution in [0.4, 0.5) is 0 Å². The third-order valence-corrected chi connectivity index (χ3v) is 5.42. The molecule has 0 saturated carbocycles. The highest BCUT2D eigenvalue weighted by Gasteiger charge is 2.24. The second-order valence-electron chi connectivity index (χ2n) is 4.68. The molecule has 0 aliphatic rings. The molecule has 6 heteroatoms. The summed E-state index contributed by atoms with van der Waals surface area (Å²) in [6.07, 6.45) is 0. The van der Waals surface area contributed by atoms with Gasteiger partial charge in [0, 0.05) is 10.4 Å². The number of aromatic hydroxyl groups is 1. The number of aromatic nitrogens is 1. The van der Waals surface area contributed by atoms with E-state index in [1.165, 1.54) is 12.1 Å². The van der Waals surface area contributed by atoms with Crippen LogP contribution in [0.2, 0.25) is 5.02 Å². The zero-order valence-corrected chi connectivity index (χ0v) is 12.7. The first kappa shape index (κ1) is 14.0. The molecule has 3 aromatic rings. The average Bonchev–Trinajstić information content (AvgIpc) is 2.72. The van der Waals surface area contributed by atoms with Gasteiger partial charge in [0.1, 0.15) is 5.75 Å². The SMILES string of the molecule is Cc1c(O)c2cc(Cl)ccc2n1S(=O)(=O)c1ccccc1. The van der Waals surface area contributed by atoms with Crippen LogP contribution in [0, 0.1) is 6.92 Å². The number of hydrogen-bond donors (Lipinski definition) is 1. The van der Waals surface area contributed by atoms with Gasteiger partial charge >= 0.3 is 0 Å². The van der Waals surface area contributed by atoms with Crippen molar-refractivity contribution in [2.24, 2.45) is 0 Å². The fraction of sp³-hybridized carbons (Fsp3) is 0.0667. The second kappa shape index (κ2) is 4.79. The first-order valence-electron chi connectivity index (χ1n) is 6.23. The lowest BCUT2D eigenvalue weighted by atomic mass is 10.2. The van der Waals surface area contributed by atoms with Gasteiger partial charge in [0.25, 0.3) is 10.0 Å². The van der Waals surface area contributed by atoms with Crippen LogP contribution >= 0.6 is 11.6 Å². The summed E-state index contributed by atoms with van der Waals surface area (Å²) in [5, 5.41) is 11.0. The van der Waals surface area contributed by atoms with Crippen LogP contribution in [0.25, 0.3) is 10.9 Å². The lowest BCUT2D eigenvalue weighted by Crippen LogP contribution is -2.14. The second-order valence-corrected chi connectivity index (χ2v) is 6.90. The number of benzene rings is 2. The molecule has 0 spiro atoms. The van der Waals surface area contributed by atoms with Crippen LogP contribution in [-0.4, -0.2) is 17.5 Å². The van der Waals surface area contributed by atoms with Crippen molar-refractivity contribution < 1.29 is 13.5 Å². The van der Waals surface area contributed by atoms with Gasteiger partial charge in [0.2, 0.25) is 0 Å². The Morgan fingerprint density at radius 3 is 2.43 bits per heavy atom. The first-order chi connectivity index (χ1) is 9.93. The van der Waals surface area contributed by atoms with Gasteiger partial charge in [-0.2, -0.15) is 0 Å². The molecule has 1 N–H and O–H groups in total. The third kappa shape index (κ3) is 2.09. The molecule has 1 aromatic heterocycles. The molecule has 3 rings (SSSR count). The first-order valence-corrected chi connectivity index (χ1v) is 8.05. The Balaban J connectivity index is 2.39. The normalized spacial score (nSPS) is 11.9. The molecule has 0 aliphatic heterocycles. The van der Waals surface area contributed by atoms with E-state index in [2.05, 4.69) is 0 Å². The fourth-order valence-corrected chi connectivity index (χ4v) is 4.10. The minimum absolute atomic E-state index is 0.0768.